The second-order valence-electron chi connectivity index (χ2n) is 8.74. The van der Waals surface area contributed by atoms with Gasteiger partial charge in [-0.05, 0) is 37.6 Å². The lowest BCUT2D eigenvalue weighted by Gasteiger charge is -2.42. The zero-order valence-electron chi connectivity index (χ0n) is 19.1. The molecule has 0 spiro atoms. The number of hydrogen-bond acceptors (Lipinski definition) is 5. The molecule has 2 saturated heterocycles. The summed E-state index contributed by atoms with van der Waals surface area (Å²) < 4.78 is 5.59. The maximum Gasteiger partial charge on any atom is 0.0734 e. The predicted molar refractivity (Wildman–Crippen MR) is 133 cm³/mol. The predicted octanol–water partition coefficient (Wildman–Crippen LogP) is 3.76. The van der Waals surface area contributed by atoms with Crippen LogP contribution in [0.4, 0.5) is 11.4 Å². The Balaban J connectivity index is 0.00000272. The molecule has 0 bridgehead atoms. The Morgan fingerprint density at radius 1 is 1.00 bits per heavy atom. The zero-order chi connectivity index (χ0) is 20.9. The summed E-state index contributed by atoms with van der Waals surface area (Å²) in [6, 6.07) is 18.8. The van der Waals surface area contributed by atoms with Crippen LogP contribution in [0, 0.1) is 0 Å². The molecule has 0 aliphatic carbocycles. The van der Waals surface area contributed by atoms with E-state index in [9.17, 15) is 0 Å². The van der Waals surface area contributed by atoms with Crippen molar-refractivity contribution in [3.63, 3.8) is 0 Å². The number of nitrogens with zero attached hydrogens (tertiary/aromatic N) is 3. The summed E-state index contributed by atoms with van der Waals surface area (Å²) in [5, 5.41) is 3.48. The number of nitrogens with one attached hydrogen (secondary N) is 1. The third-order valence-corrected chi connectivity index (χ3v) is 6.53. The first kappa shape index (κ1) is 23.9. The number of halogens is 1. The fourth-order valence-corrected chi connectivity index (χ4v) is 4.82. The van der Waals surface area contributed by atoms with Gasteiger partial charge in [-0.25, -0.2) is 0 Å². The SMILES string of the molecule is COCc1cc(N2CCNC[C@H]2C)ccc1N1CCN(Cc2ccccc2)[C@H](C)C1.Cl. The van der Waals surface area contributed by atoms with Gasteiger partial charge in [0.1, 0.15) is 0 Å². The van der Waals surface area contributed by atoms with Gasteiger partial charge in [-0.15, -0.1) is 12.4 Å². The van der Waals surface area contributed by atoms with Crippen LogP contribution in [0.25, 0.3) is 0 Å². The highest BCUT2D eigenvalue weighted by Gasteiger charge is 2.26. The number of ether oxygens (including phenoxy) is 1. The molecule has 2 aromatic rings. The maximum absolute atomic E-state index is 5.59. The Labute approximate surface area is 193 Å². The molecule has 2 atom stereocenters. The van der Waals surface area contributed by atoms with Gasteiger partial charge in [-0.3, -0.25) is 4.90 Å². The maximum atomic E-state index is 5.59. The van der Waals surface area contributed by atoms with Crippen LogP contribution in [0.15, 0.2) is 48.5 Å². The molecule has 0 saturated carbocycles. The average molecular weight is 445 g/mol. The van der Waals surface area contributed by atoms with E-state index in [1.807, 2.05) is 0 Å². The molecule has 2 aliphatic rings. The Kier molecular flexibility index (Phi) is 8.61. The van der Waals surface area contributed by atoms with Gasteiger partial charge in [0.05, 0.1) is 6.61 Å². The van der Waals surface area contributed by atoms with Gasteiger partial charge in [0, 0.05) is 81.9 Å². The first-order valence-corrected chi connectivity index (χ1v) is 11.3. The van der Waals surface area contributed by atoms with E-state index < -0.39 is 0 Å². The van der Waals surface area contributed by atoms with Gasteiger partial charge in [0.2, 0.25) is 0 Å². The summed E-state index contributed by atoms with van der Waals surface area (Å²) in [6.07, 6.45) is 0. The van der Waals surface area contributed by atoms with Crippen molar-refractivity contribution < 1.29 is 4.74 Å². The number of methoxy groups -OCH3 is 1. The van der Waals surface area contributed by atoms with Gasteiger partial charge < -0.3 is 19.9 Å². The highest BCUT2D eigenvalue weighted by molar-refractivity contribution is 5.85. The molecule has 2 fully saturated rings. The molecule has 4 rings (SSSR count). The van der Waals surface area contributed by atoms with Crippen molar-refractivity contribution in [2.45, 2.75) is 39.1 Å². The Morgan fingerprint density at radius 3 is 2.52 bits per heavy atom. The monoisotopic (exact) mass is 444 g/mol. The van der Waals surface area contributed by atoms with Gasteiger partial charge in [0.15, 0.2) is 0 Å². The van der Waals surface area contributed by atoms with Crippen molar-refractivity contribution in [2.75, 3.05) is 56.2 Å². The minimum absolute atomic E-state index is 0. The van der Waals surface area contributed by atoms with Crippen LogP contribution in [0.5, 0.6) is 0 Å². The fourth-order valence-electron chi connectivity index (χ4n) is 4.82. The second-order valence-corrected chi connectivity index (χ2v) is 8.74. The average Bonchev–Trinajstić information content (AvgIpc) is 2.76. The van der Waals surface area contributed by atoms with E-state index in [-0.39, 0.29) is 12.4 Å². The standard InChI is InChI=1S/C25H36N4O.ClH/c1-20-16-26-11-12-29(20)24-9-10-25(23(15-24)19-30-3)28-14-13-27(21(2)17-28)18-22-7-5-4-6-8-22;/h4-10,15,20-21,26H,11-14,16-19H2,1-3H3;1H/t20-,21-;/m1./s1. The Hall–Kier alpha value is -1.79. The van der Waals surface area contributed by atoms with Crippen molar-refractivity contribution in [3.05, 3.63) is 59.7 Å². The first-order chi connectivity index (χ1) is 14.7. The van der Waals surface area contributed by atoms with Crippen molar-refractivity contribution in [3.8, 4) is 0 Å². The number of benzene rings is 2. The van der Waals surface area contributed by atoms with E-state index in [0.717, 1.165) is 45.8 Å². The molecule has 2 heterocycles. The summed E-state index contributed by atoms with van der Waals surface area (Å²) in [5.74, 6) is 0. The van der Waals surface area contributed by atoms with Crippen LogP contribution in [0.1, 0.15) is 25.0 Å². The number of anilines is 2. The smallest absolute Gasteiger partial charge is 0.0734 e. The molecule has 2 aromatic carbocycles. The first-order valence-electron chi connectivity index (χ1n) is 11.3. The lowest BCUT2D eigenvalue weighted by molar-refractivity contribution is 0.177. The highest BCUT2D eigenvalue weighted by atomic mass is 35.5. The van der Waals surface area contributed by atoms with Crippen LogP contribution < -0.4 is 15.1 Å². The quantitative estimate of drug-likeness (QED) is 0.733. The molecule has 0 aromatic heterocycles. The lowest BCUT2D eigenvalue weighted by atomic mass is 10.1. The third-order valence-electron chi connectivity index (χ3n) is 6.53. The second kappa shape index (κ2) is 11.2. The molecule has 5 nitrogen and oxygen atoms in total. The molecule has 1 N–H and O–H groups in total. The van der Waals surface area contributed by atoms with E-state index in [4.69, 9.17) is 4.74 Å². The number of rotatable bonds is 6. The summed E-state index contributed by atoms with van der Waals surface area (Å²) in [5.41, 5.74) is 5.34. The van der Waals surface area contributed by atoms with E-state index >= 15 is 0 Å². The van der Waals surface area contributed by atoms with E-state index in [1.165, 1.54) is 22.5 Å². The van der Waals surface area contributed by atoms with Crippen molar-refractivity contribution in [1.29, 1.82) is 0 Å². The lowest BCUT2D eigenvalue weighted by Crippen LogP contribution is -2.51. The van der Waals surface area contributed by atoms with Crippen LogP contribution >= 0.6 is 12.4 Å². The summed E-state index contributed by atoms with van der Waals surface area (Å²) >= 11 is 0. The summed E-state index contributed by atoms with van der Waals surface area (Å²) in [4.78, 5) is 7.66. The van der Waals surface area contributed by atoms with Crippen molar-refractivity contribution >= 4 is 23.8 Å². The zero-order valence-corrected chi connectivity index (χ0v) is 19.9. The molecule has 170 valence electrons. The Morgan fingerprint density at radius 2 is 1.81 bits per heavy atom. The summed E-state index contributed by atoms with van der Waals surface area (Å²) in [6.45, 7) is 12.7. The minimum Gasteiger partial charge on any atom is -0.380 e. The number of piperazine rings is 2. The van der Waals surface area contributed by atoms with Gasteiger partial charge in [0.25, 0.3) is 0 Å². The van der Waals surface area contributed by atoms with Crippen LogP contribution in [0.3, 0.4) is 0 Å². The van der Waals surface area contributed by atoms with Gasteiger partial charge >= 0.3 is 0 Å². The minimum atomic E-state index is 0. The largest absolute Gasteiger partial charge is 0.380 e. The third kappa shape index (κ3) is 5.72. The Bertz CT molecular complexity index is 818. The fraction of sp³-hybridized carbons (Fsp3) is 0.520. The topological polar surface area (TPSA) is 31.0 Å². The van der Waals surface area contributed by atoms with Crippen molar-refractivity contribution in [1.82, 2.24) is 10.2 Å². The van der Waals surface area contributed by atoms with Crippen LogP contribution in [0.2, 0.25) is 0 Å². The molecule has 6 heteroatoms. The van der Waals surface area contributed by atoms with Crippen LogP contribution in [-0.4, -0.2) is 63.4 Å². The number of hydrogen-bond donors (Lipinski definition) is 1. The molecule has 0 radical (unpaired) electrons. The normalized spacial score (nSPS) is 22.3. The van der Waals surface area contributed by atoms with Gasteiger partial charge in [-0.1, -0.05) is 30.3 Å². The molecule has 31 heavy (non-hydrogen) atoms. The highest BCUT2D eigenvalue weighted by Crippen LogP contribution is 2.30. The van der Waals surface area contributed by atoms with Crippen LogP contribution in [-0.2, 0) is 17.9 Å². The molecular formula is C25H37ClN4O. The molecule has 0 amide bonds. The molecule has 2 aliphatic heterocycles. The van der Waals surface area contributed by atoms with E-state index in [2.05, 4.69) is 82.4 Å². The molecule has 0 unspecified atom stereocenters. The van der Waals surface area contributed by atoms with Crippen molar-refractivity contribution in [2.24, 2.45) is 0 Å². The van der Waals surface area contributed by atoms with Gasteiger partial charge in [-0.2, -0.15) is 0 Å². The van der Waals surface area contributed by atoms with E-state index in [1.54, 1.807) is 7.11 Å². The van der Waals surface area contributed by atoms with E-state index in [0.29, 0.717) is 18.7 Å². The molecular weight excluding hydrogens is 408 g/mol. The summed E-state index contributed by atoms with van der Waals surface area (Å²) in [7, 11) is 1.80.